The molecule has 0 atom stereocenters. The Labute approximate surface area is 103 Å². The average Bonchev–Trinajstić information content (AvgIpc) is 2.60. The van der Waals surface area contributed by atoms with Gasteiger partial charge in [-0.15, -0.1) is 36.1 Å². The van der Waals surface area contributed by atoms with Crippen LogP contribution in [0.5, 0.6) is 0 Å². The first-order chi connectivity index (χ1) is 5.45. The molecule has 0 bridgehead atoms. The van der Waals surface area contributed by atoms with Crippen LogP contribution in [0.4, 0.5) is 0 Å². The summed E-state index contributed by atoms with van der Waals surface area (Å²) in [5.74, 6) is 1.10. The minimum absolute atomic E-state index is 0. The van der Waals surface area contributed by atoms with Gasteiger partial charge in [-0.3, -0.25) is 0 Å². The van der Waals surface area contributed by atoms with Crippen LogP contribution in [0.2, 0.25) is 0 Å². The van der Waals surface area contributed by atoms with E-state index in [1.54, 1.807) is 0 Å². The minimum Gasteiger partial charge on any atom is -0.358 e. The standard InChI is InChI=1S/C11H11.2CH3.Ti/c1-2-6-10(5-1)9-11-7-3-4-8-11;;;/h1-11H;2*1H3;/q3*-1;+3. The molecule has 0 aromatic carbocycles. The molecule has 0 fully saturated rings. The third-order valence-electron chi connectivity index (χ3n) is 2.00. The molecule has 0 saturated carbocycles. The van der Waals surface area contributed by atoms with Crippen LogP contribution in [0.3, 0.4) is 0 Å². The molecule has 0 saturated heterocycles. The van der Waals surface area contributed by atoms with Crippen molar-refractivity contribution in [2.75, 3.05) is 0 Å². The molecule has 0 nitrogen and oxygen atoms in total. The summed E-state index contributed by atoms with van der Waals surface area (Å²) in [5, 5.41) is 0. The second-order valence-electron chi connectivity index (χ2n) is 2.89. The largest absolute Gasteiger partial charge is 3.00 e. The van der Waals surface area contributed by atoms with Gasteiger partial charge in [-0.25, -0.2) is 0 Å². The van der Waals surface area contributed by atoms with E-state index in [-0.39, 0.29) is 36.6 Å². The Hall–Kier alpha value is -0.326. The molecule has 14 heavy (non-hydrogen) atoms. The van der Waals surface area contributed by atoms with Crippen LogP contribution < -0.4 is 0 Å². The van der Waals surface area contributed by atoms with E-state index >= 15 is 0 Å². The monoisotopic (exact) mass is 221 g/mol. The molecule has 2 aliphatic rings. The van der Waals surface area contributed by atoms with E-state index in [1.807, 2.05) is 0 Å². The summed E-state index contributed by atoms with van der Waals surface area (Å²) in [6.45, 7) is 0. The summed E-state index contributed by atoms with van der Waals surface area (Å²) in [6.07, 6.45) is 19.6. The molecule has 0 aliphatic heterocycles. The van der Waals surface area contributed by atoms with Crippen molar-refractivity contribution in [2.24, 2.45) is 11.8 Å². The Kier molecular flexibility index (Phi) is 9.23. The van der Waals surface area contributed by atoms with E-state index in [4.69, 9.17) is 0 Å². The Morgan fingerprint density at radius 3 is 1.21 bits per heavy atom. The molecule has 0 spiro atoms. The molecule has 0 N–H and O–H groups in total. The van der Waals surface area contributed by atoms with Crippen LogP contribution in [-0.4, -0.2) is 0 Å². The molecule has 1 radical (unpaired) electrons. The second kappa shape index (κ2) is 8.02. The van der Waals surface area contributed by atoms with Gasteiger partial charge >= 0.3 is 21.7 Å². The van der Waals surface area contributed by atoms with Crippen molar-refractivity contribution >= 4 is 0 Å². The van der Waals surface area contributed by atoms with Gasteiger partial charge in [-0.2, -0.15) is 0 Å². The van der Waals surface area contributed by atoms with Crippen molar-refractivity contribution < 1.29 is 21.7 Å². The van der Waals surface area contributed by atoms with Crippen molar-refractivity contribution in [1.82, 2.24) is 0 Å². The van der Waals surface area contributed by atoms with Crippen LogP contribution in [0.1, 0.15) is 0 Å². The topological polar surface area (TPSA) is 0 Å². The maximum Gasteiger partial charge on any atom is 3.00 e. The molecule has 0 unspecified atom stereocenters. The number of hydrogen-bond donors (Lipinski definition) is 0. The predicted molar refractivity (Wildman–Crippen MR) is 60.7 cm³/mol. The molecule has 0 heterocycles. The Morgan fingerprint density at radius 2 is 0.929 bits per heavy atom. The van der Waals surface area contributed by atoms with E-state index < -0.39 is 0 Å². The number of hydrogen-bond acceptors (Lipinski definition) is 0. The van der Waals surface area contributed by atoms with Crippen LogP contribution in [0.15, 0.2) is 48.6 Å². The fourth-order valence-electron chi connectivity index (χ4n) is 1.41. The number of allylic oxidation sites excluding steroid dienone is 8. The molecule has 2 aliphatic carbocycles. The summed E-state index contributed by atoms with van der Waals surface area (Å²) in [4.78, 5) is 0. The van der Waals surface area contributed by atoms with Crippen LogP contribution in [-0.2, 0) is 21.7 Å². The fourth-order valence-corrected chi connectivity index (χ4v) is 1.41. The van der Waals surface area contributed by atoms with Gasteiger partial charge in [0.1, 0.15) is 0 Å². The van der Waals surface area contributed by atoms with Gasteiger partial charge in [0, 0.05) is 0 Å². The second-order valence-corrected chi connectivity index (χ2v) is 2.89. The summed E-state index contributed by atoms with van der Waals surface area (Å²) >= 11 is 0. The first kappa shape index (κ1) is 16.1. The van der Waals surface area contributed by atoms with Crippen molar-refractivity contribution in [1.29, 1.82) is 0 Å². The van der Waals surface area contributed by atoms with Crippen molar-refractivity contribution in [3.63, 3.8) is 0 Å². The normalized spacial score (nSPS) is 17.7. The van der Waals surface area contributed by atoms with Crippen LogP contribution >= 0.6 is 0 Å². The zero-order valence-electron chi connectivity index (χ0n) is 8.85. The number of rotatable bonds is 2. The molecule has 0 aromatic heterocycles. The Bertz CT molecular complexity index is 196. The Morgan fingerprint density at radius 1 is 0.643 bits per heavy atom. The van der Waals surface area contributed by atoms with Crippen molar-refractivity contribution in [2.45, 2.75) is 0 Å². The van der Waals surface area contributed by atoms with Gasteiger partial charge in [-0.1, -0.05) is 24.3 Å². The predicted octanol–water partition coefficient (Wildman–Crippen LogP) is 3.57. The van der Waals surface area contributed by atoms with Gasteiger partial charge in [0.2, 0.25) is 0 Å². The van der Waals surface area contributed by atoms with E-state index in [0.29, 0.717) is 11.8 Å². The maximum absolute atomic E-state index is 2.33. The summed E-state index contributed by atoms with van der Waals surface area (Å²) in [5.41, 5.74) is 0. The SMILES string of the molecule is C1=CC([CH-]C2C=CC=C2)C=C1.[CH3-].[CH3-].[Ti+3]. The average molecular weight is 221 g/mol. The zero-order valence-corrected chi connectivity index (χ0v) is 10.4. The molecule has 0 aromatic rings. The van der Waals surface area contributed by atoms with Crippen molar-refractivity contribution in [3.05, 3.63) is 69.9 Å². The van der Waals surface area contributed by atoms with E-state index in [1.165, 1.54) is 0 Å². The van der Waals surface area contributed by atoms with E-state index in [9.17, 15) is 0 Å². The Balaban J connectivity index is 0. The van der Waals surface area contributed by atoms with Crippen LogP contribution in [0, 0.1) is 33.1 Å². The van der Waals surface area contributed by atoms with E-state index in [0.717, 1.165) is 0 Å². The van der Waals surface area contributed by atoms with E-state index in [2.05, 4.69) is 55.0 Å². The maximum atomic E-state index is 2.33. The molecule has 0 amide bonds. The molecule has 2 rings (SSSR count). The quantitative estimate of drug-likeness (QED) is 0.494. The summed E-state index contributed by atoms with van der Waals surface area (Å²) in [7, 11) is 0. The molecule has 73 valence electrons. The summed E-state index contributed by atoms with van der Waals surface area (Å²) < 4.78 is 0. The van der Waals surface area contributed by atoms with Gasteiger partial charge in [0.05, 0.1) is 0 Å². The summed E-state index contributed by atoms with van der Waals surface area (Å²) in [6, 6.07) is 0. The third kappa shape index (κ3) is 4.26. The minimum atomic E-state index is 0. The molecule has 1 heteroatoms. The fraction of sp³-hybridized carbons (Fsp3) is 0.154. The first-order valence-corrected chi connectivity index (χ1v) is 4.00. The molecular formula is C13H17Ti. The first-order valence-electron chi connectivity index (χ1n) is 4.00. The van der Waals surface area contributed by atoms with Gasteiger partial charge < -0.3 is 21.3 Å². The van der Waals surface area contributed by atoms with Crippen molar-refractivity contribution in [3.8, 4) is 0 Å². The third-order valence-corrected chi connectivity index (χ3v) is 2.00. The van der Waals surface area contributed by atoms with Gasteiger partial charge in [0.25, 0.3) is 0 Å². The van der Waals surface area contributed by atoms with Gasteiger partial charge in [-0.05, 0) is 0 Å². The molecular weight excluding hydrogens is 204 g/mol. The van der Waals surface area contributed by atoms with Gasteiger partial charge in [0.15, 0.2) is 0 Å². The zero-order chi connectivity index (χ0) is 7.52. The smallest absolute Gasteiger partial charge is 0.358 e. The van der Waals surface area contributed by atoms with Crippen LogP contribution in [0.25, 0.3) is 0 Å².